The molecule has 2 heterocycles. The maximum Gasteiger partial charge on any atom is 0.215 e. The minimum absolute atomic E-state index is 0.0554. The normalized spacial score (nSPS) is 37.7. The summed E-state index contributed by atoms with van der Waals surface area (Å²) in [7, 11) is 0. The molecule has 0 saturated heterocycles. The highest BCUT2D eigenvalue weighted by molar-refractivity contribution is 5.98. The first-order valence-corrected chi connectivity index (χ1v) is 11.9. The van der Waals surface area contributed by atoms with Crippen LogP contribution in [0.4, 0.5) is 5.69 Å². The van der Waals surface area contributed by atoms with Gasteiger partial charge in [-0.25, -0.2) is 9.98 Å². The summed E-state index contributed by atoms with van der Waals surface area (Å²) < 4.78 is 1.81. The first kappa shape index (κ1) is 20.2. The second-order valence-corrected chi connectivity index (χ2v) is 10.3. The lowest BCUT2D eigenvalue weighted by molar-refractivity contribution is -0.136. The number of benzene rings is 1. The number of nitrogens with one attached hydrogen (secondary N) is 2. The lowest BCUT2D eigenvalue weighted by Crippen LogP contribution is -2.62. The fraction of sp³-hybridized carbons (Fsp3) is 0.625. The topological polar surface area (TPSA) is 107 Å². The van der Waals surface area contributed by atoms with E-state index < -0.39 is 5.60 Å². The number of hydrogen-bond acceptors (Lipinski definition) is 7. The van der Waals surface area contributed by atoms with Crippen LogP contribution in [0.1, 0.15) is 39.0 Å². The summed E-state index contributed by atoms with van der Waals surface area (Å²) in [4.78, 5) is 9.54. The van der Waals surface area contributed by atoms with Crippen molar-refractivity contribution in [3.8, 4) is 0 Å². The van der Waals surface area contributed by atoms with E-state index >= 15 is 0 Å². The molecule has 0 radical (unpaired) electrons. The summed E-state index contributed by atoms with van der Waals surface area (Å²) in [5.41, 5.74) is 1.49. The van der Waals surface area contributed by atoms with Crippen LogP contribution < -0.4 is 10.6 Å². The minimum atomic E-state index is -0.415. The molecule has 32 heavy (non-hydrogen) atoms. The maximum atomic E-state index is 10.9. The van der Waals surface area contributed by atoms with Gasteiger partial charge in [0.15, 0.2) is 0 Å². The van der Waals surface area contributed by atoms with Gasteiger partial charge in [0.2, 0.25) is 6.29 Å². The van der Waals surface area contributed by atoms with E-state index in [1.807, 2.05) is 35.3 Å². The summed E-state index contributed by atoms with van der Waals surface area (Å²) >= 11 is 0. The number of fused-ring (bicyclic) bond motifs is 1. The fourth-order valence-electron chi connectivity index (χ4n) is 6.77. The van der Waals surface area contributed by atoms with E-state index in [9.17, 15) is 10.2 Å². The molecule has 7 rings (SSSR count). The van der Waals surface area contributed by atoms with E-state index in [0.29, 0.717) is 30.3 Å². The molecule has 0 spiro atoms. The molecule has 170 valence electrons. The van der Waals surface area contributed by atoms with Crippen LogP contribution in [0.15, 0.2) is 34.4 Å². The molecule has 8 heteroatoms. The smallest absolute Gasteiger partial charge is 0.215 e. The van der Waals surface area contributed by atoms with E-state index in [4.69, 9.17) is 4.99 Å². The highest BCUT2D eigenvalue weighted by atomic mass is 16.3. The van der Waals surface area contributed by atoms with Crippen molar-refractivity contribution < 1.29 is 10.2 Å². The molecular weight excluding hydrogens is 404 g/mol. The third kappa shape index (κ3) is 3.49. The van der Waals surface area contributed by atoms with E-state index in [1.54, 1.807) is 0 Å². The van der Waals surface area contributed by atoms with Crippen molar-refractivity contribution in [2.45, 2.75) is 63.5 Å². The number of aliphatic hydroxyl groups is 2. The minimum Gasteiger partial charge on any atom is -0.394 e. The zero-order chi connectivity index (χ0) is 21.9. The lowest BCUT2D eigenvalue weighted by Gasteiger charge is -2.58. The van der Waals surface area contributed by atoms with Gasteiger partial charge in [-0.05, 0) is 68.1 Å². The Morgan fingerprint density at radius 1 is 1.16 bits per heavy atom. The number of aromatic nitrogens is 2. The largest absolute Gasteiger partial charge is 0.394 e. The average Bonchev–Trinajstić information content (AvgIpc) is 3.14. The van der Waals surface area contributed by atoms with Gasteiger partial charge in [0.25, 0.3) is 0 Å². The Morgan fingerprint density at radius 3 is 2.72 bits per heavy atom. The summed E-state index contributed by atoms with van der Waals surface area (Å²) in [5, 5.41) is 32.8. The summed E-state index contributed by atoms with van der Waals surface area (Å²) in [5.74, 6) is 2.93. The Bertz CT molecular complexity index is 1060. The third-order valence-corrected chi connectivity index (χ3v) is 7.95. The van der Waals surface area contributed by atoms with E-state index in [0.717, 1.165) is 41.7 Å². The molecule has 4 atom stereocenters. The number of aliphatic hydroxyl groups excluding tert-OH is 1. The van der Waals surface area contributed by atoms with Crippen LogP contribution in [0.5, 0.6) is 0 Å². The van der Waals surface area contributed by atoms with Crippen molar-refractivity contribution in [1.82, 2.24) is 15.1 Å². The first-order chi connectivity index (χ1) is 15.5. The monoisotopic (exact) mass is 436 g/mol. The number of rotatable bonds is 5. The van der Waals surface area contributed by atoms with E-state index in [1.165, 1.54) is 12.8 Å². The van der Waals surface area contributed by atoms with Crippen molar-refractivity contribution in [2.24, 2.45) is 33.7 Å². The summed E-state index contributed by atoms with van der Waals surface area (Å²) in [6.07, 6.45) is 8.74. The molecule has 4 fully saturated rings. The zero-order valence-corrected chi connectivity index (χ0v) is 18.5. The molecule has 4 unspecified atom stereocenters. The van der Waals surface area contributed by atoms with Gasteiger partial charge in [-0.2, -0.15) is 5.10 Å². The zero-order valence-electron chi connectivity index (χ0n) is 18.5. The predicted octanol–water partition coefficient (Wildman–Crippen LogP) is 2.37. The Morgan fingerprint density at radius 2 is 1.97 bits per heavy atom. The highest BCUT2D eigenvalue weighted by Gasteiger charge is 2.55. The van der Waals surface area contributed by atoms with Crippen molar-refractivity contribution in [3.63, 3.8) is 0 Å². The van der Waals surface area contributed by atoms with Crippen LogP contribution in [-0.4, -0.2) is 56.6 Å². The number of hydrogen-bond donors (Lipinski definition) is 4. The van der Waals surface area contributed by atoms with Gasteiger partial charge in [0.05, 0.1) is 30.5 Å². The van der Waals surface area contributed by atoms with Crippen molar-refractivity contribution in [3.05, 3.63) is 24.4 Å². The van der Waals surface area contributed by atoms with E-state index in [2.05, 4.69) is 27.6 Å². The number of anilines is 1. The molecule has 5 aliphatic rings. The van der Waals surface area contributed by atoms with Crippen molar-refractivity contribution in [2.75, 3.05) is 11.9 Å². The molecule has 8 nitrogen and oxygen atoms in total. The number of nitrogens with zero attached hydrogens (tertiary/aromatic N) is 4. The summed E-state index contributed by atoms with van der Waals surface area (Å²) in [6, 6.07) is 6.48. The maximum absolute atomic E-state index is 10.9. The average molecular weight is 437 g/mol. The SMILES string of the molecule is CC1C=NC(Nc2ccc3cnn(CCO)c3c2)N=C1NC1C2CC3CC1CC(O)(C3)C2. The Kier molecular flexibility index (Phi) is 4.76. The van der Waals surface area contributed by atoms with Gasteiger partial charge >= 0.3 is 0 Å². The van der Waals surface area contributed by atoms with Gasteiger partial charge in [0.1, 0.15) is 5.84 Å². The molecule has 4 aliphatic carbocycles. The van der Waals surface area contributed by atoms with Crippen LogP contribution in [-0.2, 0) is 6.54 Å². The molecule has 4 saturated carbocycles. The summed E-state index contributed by atoms with van der Waals surface area (Å²) in [6.45, 7) is 2.66. The molecule has 2 aromatic rings. The molecule has 0 amide bonds. The molecule has 4 N–H and O–H groups in total. The quantitative estimate of drug-likeness (QED) is 0.576. The number of aliphatic imine (C=N–C) groups is 2. The van der Waals surface area contributed by atoms with Gasteiger partial charge in [0, 0.05) is 29.2 Å². The predicted molar refractivity (Wildman–Crippen MR) is 125 cm³/mol. The van der Waals surface area contributed by atoms with Crippen LogP contribution in [0, 0.1) is 23.7 Å². The highest BCUT2D eigenvalue weighted by Crippen LogP contribution is 2.55. The van der Waals surface area contributed by atoms with Crippen LogP contribution >= 0.6 is 0 Å². The van der Waals surface area contributed by atoms with Crippen LogP contribution in [0.2, 0.25) is 0 Å². The molecular formula is C24H32N6O2. The van der Waals surface area contributed by atoms with Gasteiger partial charge in [-0.15, -0.1) is 0 Å². The number of amidine groups is 1. The van der Waals surface area contributed by atoms with Crippen molar-refractivity contribution in [1.29, 1.82) is 0 Å². The molecule has 1 aromatic heterocycles. The second-order valence-electron chi connectivity index (χ2n) is 10.3. The standard InChI is InChI=1S/C24H32N6O2/c1-14-12-25-23(27-19-3-2-16-13-26-30(4-5-31)20(16)8-19)29-22(14)28-21-17-6-15-7-18(21)11-24(32,9-15)10-17/h2-3,8,12-15,17-18,21,23,27,31-32H,4-7,9-11H2,1H3,(H,28,29). The first-order valence-electron chi connectivity index (χ1n) is 11.9. The lowest BCUT2D eigenvalue weighted by atomic mass is 9.52. The fourth-order valence-corrected chi connectivity index (χ4v) is 6.77. The molecule has 1 aliphatic heterocycles. The second kappa shape index (κ2) is 7.56. The Hall–Kier alpha value is -2.45. The van der Waals surface area contributed by atoms with Crippen molar-refractivity contribution >= 4 is 28.6 Å². The van der Waals surface area contributed by atoms with Gasteiger partial charge in [-0.1, -0.05) is 6.92 Å². The van der Waals surface area contributed by atoms with Gasteiger partial charge in [-0.3, -0.25) is 4.68 Å². The molecule has 4 bridgehead atoms. The van der Waals surface area contributed by atoms with Gasteiger partial charge < -0.3 is 20.8 Å². The Balaban J connectivity index is 1.19. The van der Waals surface area contributed by atoms with Crippen LogP contribution in [0.25, 0.3) is 10.9 Å². The third-order valence-electron chi connectivity index (χ3n) is 7.95. The Labute approximate surface area is 187 Å². The van der Waals surface area contributed by atoms with E-state index in [-0.39, 0.29) is 18.8 Å². The van der Waals surface area contributed by atoms with Crippen LogP contribution in [0.3, 0.4) is 0 Å². The molecule has 1 aromatic carbocycles.